The number of hydrogen-bond acceptors (Lipinski definition) is 3. The minimum atomic E-state index is -0.653. The molecule has 3 nitrogen and oxygen atoms in total. The molecular formula is C15H18O3. The highest BCUT2D eigenvalue weighted by atomic mass is 16.5. The monoisotopic (exact) mass is 246 g/mol. The van der Waals surface area contributed by atoms with Crippen LogP contribution in [0, 0.1) is 17.3 Å². The van der Waals surface area contributed by atoms with Crippen LogP contribution in [0.5, 0.6) is 0 Å². The molecule has 0 aliphatic heterocycles. The van der Waals surface area contributed by atoms with E-state index in [0.29, 0.717) is 0 Å². The minimum Gasteiger partial charge on any atom is -0.468 e. The molecule has 1 aromatic rings. The van der Waals surface area contributed by atoms with Crippen LogP contribution in [-0.2, 0) is 9.53 Å². The third-order valence-corrected chi connectivity index (χ3v) is 3.95. The number of esters is 1. The van der Waals surface area contributed by atoms with Gasteiger partial charge in [0.25, 0.3) is 0 Å². The SMILES string of the molecule is COC(=O)[C@@]1(/C=C/c2ccccc2)[C@H](C)[C@@H]1CO. The molecule has 0 radical (unpaired) electrons. The number of ether oxygens (including phenoxy) is 1. The standard InChI is InChI=1S/C15H18O3/c1-11-13(10-16)15(11,14(17)18-2)9-8-12-6-4-3-5-7-12/h3-9,11,13,16H,10H2,1-2H3/b9-8+/t11-,13+,15+/m1/s1. The molecule has 1 aromatic carbocycles. The highest BCUT2D eigenvalue weighted by molar-refractivity contribution is 5.85. The van der Waals surface area contributed by atoms with Crippen molar-refractivity contribution in [3.63, 3.8) is 0 Å². The van der Waals surface area contributed by atoms with Crippen molar-refractivity contribution in [3.8, 4) is 0 Å². The normalized spacial score (nSPS) is 30.4. The summed E-state index contributed by atoms with van der Waals surface area (Å²) in [6, 6.07) is 9.79. The van der Waals surface area contributed by atoms with E-state index in [9.17, 15) is 9.90 Å². The Labute approximate surface area is 107 Å². The van der Waals surface area contributed by atoms with Crippen molar-refractivity contribution in [1.82, 2.24) is 0 Å². The summed E-state index contributed by atoms with van der Waals surface area (Å²) in [5.74, 6) is -0.180. The van der Waals surface area contributed by atoms with E-state index >= 15 is 0 Å². The topological polar surface area (TPSA) is 46.5 Å². The van der Waals surface area contributed by atoms with Crippen molar-refractivity contribution >= 4 is 12.0 Å². The third-order valence-electron chi connectivity index (χ3n) is 3.95. The van der Waals surface area contributed by atoms with Crippen LogP contribution < -0.4 is 0 Å². The van der Waals surface area contributed by atoms with Crippen molar-refractivity contribution in [3.05, 3.63) is 42.0 Å². The van der Waals surface area contributed by atoms with Crippen LogP contribution in [0.2, 0.25) is 0 Å². The second-order valence-corrected chi connectivity index (χ2v) is 4.75. The van der Waals surface area contributed by atoms with E-state index in [2.05, 4.69) is 0 Å². The fourth-order valence-electron chi connectivity index (χ4n) is 2.64. The first-order chi connectivity index (χ1) is 8.66. The number of aliphatic hydroxyl groups excluding tert-OH is 1. The zero-order chi connectivity index (χ0) is 13.2. The van der Waals surface area contributed by atoms with Gasteiger partial charge in [0.2, 0.25) is 0 Å². The lowest BCUT2D eigenvalue weighted by molar-refractivity contribution is -0.146. The summed E-state index contributed by atoms with van der Waals surface area (Å²) in [5.41, 5.74) is 0.385. The molecule has 0 spiro atoms. The van der Waals surface area contributed by atoms with Crippen molar-refractivity contribution < 1.29 is 14.6 Å². The van der Waals surface area contributed by atoms with Crippen LogP contribution in [0.4, 0.5) is 0 Å². The van der Waals surface area contributed by atoms with Crippen molar-refractivity contribution in [2.24, 2.45) is 17.3 Å². The van der Waals surface area contributed by atoms with E-state index in [1.54, 1.807) is 0 Å². The molecule has 0 saturated heterocycles. The van der Waals surface area contributed by atoms with E-state index in [-0.39, 0.29) is 24.4 Å². The van der Waals surface area contributed by atoms with Crippen LogP contribution in [0.1, 0.15) is 12.5 Å². The molecule has 0 unspecified atom stereocenters. The van der Waals surface area contributed by atoms with Crippen LogP contribution in [0.3, 0.4) is 0 Å². The molecule has 3 heteroatoms. The van der Waals surface area contributed by atoms with Crippen LogP contribution in [0.15, 0.2) is 36.4 Å². The Kier molecular flexibility index (Phi) is 3.53. The van der Waals surface area contributed by atoms with E-state index in [0.717, 1.165) is 5.56 Å². The Bertz CT molecular complexity index is 452. The Morgan fingerprint density at radius 1 is 1.44 bits per heavy atom. The number of carbonyl (C=O) groups excluding carboxylic acids is 1. The first-order valence-electron chi connectivity index (χ1n) is 6.10. The summed E-state index contributed by atoms with van der Waals surface area (Å²) in [4.78, 5) is 11.9. The van der Waals surface area contributed by atoms with Gasteiger partial charge in [-0.05, 0) is 11.5 Å². The molecule has 0 amide bonds. The number of aliphatic hydroxyl groups is 1. The molecule has 2 rings (SSSR count). The molecule has 0 aromatic heterocycles. The number of benzene rings is 1. The van der Waals surface area contributed by atoms with E-state index in [1.165, 1.54) is 7.11 Å². The van der Waals surface area contributed by atoms with Gasteiger partial charge in [0.1, 0.15) is 0 Å². The van der Waals surface area contributed by atoms with Gasteiger partial charge >= 0.3 is 5.97 Å². The number of carbonyl (C=O) groups is 1. The Balaban J connectivity index is 2.23. The fourth-order valence-corrected chi connectivity index (χ4v) is 2.64. The Hall–Kier alpha value is -1.61. The number of methoxy groups -OCH3 is 1. The molecule has 1 saturated carbocycles. The van der Waals surface area contributed by atoms with Crippen molar-refractivity contribution in [1.29, 1.82) is 0 Å². The van der Waals surface area contributed by atoms with E-state index in [4.69, 9.17) is 4.74 Å². The van der Waals surface area contributed by atoms with Gasteiger partial charge in [0, 0.05) is 12.5 Å². The molecule has 0 heterocycles. The second-order valence-electron chi connectivity index (χ2n) is 4.75. The summed E-state index contributed by atoms with van der Waals surface area (Å²) in [5, 5.41) is 9.31. The maximum Gasteiger partial charge on any atom is 0.316 e. The lowest BCUT2D eigenvalue weighted by Crippen LogP contribution is -2.19. The number of rotatable bonds is 4. The van der Waals surface area contributed by atoms with E-state index < -0.39 is 5.41 Å². The first-order valence-corrected chi connectivity index (χ1v) is 6.10. The van der Waals surface area contributed by atoms with Gasteiger partial charge in [0.15, 0.2) is 0 Å². The Morgan fingerprint density at radius 2 is 2.11 bits per heavy atom. The van der Waals surface area contributed by atoms with Crippen LogP contribution in [0.25, 0.3) is 6.08 Å². The molecule has 0 bridgehead atoms. The van der Waals surface area contributed by atoms with Crippen molar-refractivity contribution in [2.75, 3.05) is 13.7 Å². The first kappa shape index (κ1) is 12.8. The van der Waals surface area contributed by atoms with Gasteiger partial charge in [-0.25, -0.2) is 0 Å². The Morgan fingerprint density at radius 3 is 2.61 bits per heavy atom. The molecule has 3 atom stereocenters. The van der Waals surface area contributed by atoms with Gasteiger partial charge in [-0.2, -0.15) is 0 Å². The zero-order valence-corrected chi connectivity index (χ0v) is 10.7. The van der Waals surface area contributed by atoms with Crippen LogP contribution >= 0.6 is 0 Å². The average molecular weight is 246 g/mol. The van der Waals surface area contributed by atoms with Gasteiger partial charge in [-0.1, -0.05) is 49.4 Å². The van der Waals surface area contributed by atoms with Gasteiger partial charge in [-0.3, -0.25) is 4.79 Å². The summed E-state index contributed by atoms with van der Waals surface area (Å²) < 4.78 is 4.87. The maximum absolute atomic E-state index is 11.9. The summed E-state index contributed by atoms with van der Waals surface area (Å²) in [7, 11) is 1.39. The molecule has 1 fully saturated rings. The molecule has 1 aliphatic rings. The second kappa shape index (κ2) is 4.94. The van der Waals surface area contributed by atoms with Crippen molar-refractivity contribution in [2.45, 2.75) is 6.92 Å². The highest BCUT2D eigenvalue weighted by Gasteiger charge is 2.66. The predicted octanol–water partition coefficient (Wildman–Crippen LogP) is 2.12. The molecule has 18 heavy (non-hydrogen) atoms. The predicted molar refractivity (Wildman–Crippen MR) is 69.7 cm³/mol. The molecule has 1 aliphatic carbocycles. The van der Waals surface area contributed by atoms with Crippen LogP contribution in [-0.4, -0.2) is 24.8 Å². The molecular weight excluding hydrogens is 228 g/mol. The van der Waals surface area contributed by atoms with Gasteiger partial charge < -0.3 is 9.84 Å². The molecule has 1 N–H and O–H groups in total. The maximum atomic E-state index is 11.9. The zero-order valence-electron chi connectivity index (χ0n) is 10.7. The highest BCUT2D eigenvalue weighted by Crippen LogP contribution is 2.60. The average Bonchev–Trinajstić information content (AvgIpc) is 3.01. The summed E-state index contributed by atoms with van der Waals surface area (Å²) in [6.07, 6.45) is 3.79. The quantitative estimate of drug-likeness (QED) is 0.828. The lowest BCUT2D eigenvalue weighted by Gasteiger charge is -2.10. The van der Waals surface area contributed by atoms with Gasteiger partial charge in [0.05, 0.1) is 12.5 Å². The largest absolute Gasteiger partial charge is 0.468 e. The summed E-state index contributed by atoms with van der Waals surface area (Å²) >= 11 is 0. The van der Waals surface area contributed by atoms with E-state index in [1.807, 2.05) is 49.4 Å². The minimum absolute atomic E-state index is 0.00932. The molecule has 96 valence electrons. The number of hydrogen-bond donors (Lipinski definition) is 1. The summed E-state index contributed by atoms with van der Waals surface area (Å²) in [6.45, 7) is 1.97. The smallest absolute Gasteiger partial charge is 0.316 e. The fraction of sp³-hybridized carbons (Fsp3) is 0.400. The third kappa shape index (κ3) is 1.95. The lowest BCUT2D eigenvalue weighted by atomic mass is 10.0. The van der Waals surface area contributed by atoms with Gasteiger partial charge in [-0.15, -0.1) is 0 Å².